The summed E-state index contributed by atoms with van der Waals surface area (Å²) in [4.78, 5) is 3.32. The van der Waals surface area contributed by atoms with Crippen LogP contribution in [0.15, 0.2) is 70.3 Å². The number of nitrogens with one attached hydrogen (secondary N) is 1. The molecule has 1 N–H and O–H groups in total. The Bertz CT molecular complexity index is 1000. The molecule has 1 aromatic carbocycles. The van der Waals surface area contributed by atoms with Gasteiger partial charge >= 0.3 is 6.18 Å². The number of hydrogen-bond acceptors (Lipinski definition) is 4. The molecule has 2 aromatic heterocycles. The van der Waals surface area contributed by atoms with E-state index in [1.54, 1.807) is 24.3 Å². The summed E-state index contributed by atoms with van der Waals surface area (Å²) in [6, 6.07) is 10.5. The summed E-state index contributed by atoms with van der Waals surface area (Å²) in [5.74, 6) is 0.426. The van der Waals surface area contributed by atoms with Crippen molar-refractivity contribution in [3.8, 4) is 11.5 Å². The fraction of sp³-hybridized carbons (Fsp3) is 0.118. The van der Waals surface area contributed by atoms with E-state index in [9.17, 15) is 21.6 Å². The van der Waals surface area contributed by atoms with Gasteiger partial charge in [-0.2, -0.15) is 13.2 Å². The van der Waals surface area contributed by atoms with Gasteiger partial charge in [-0.15, -0.1) is 0 Å². The average molecular weight is 382 g/mol. The van der Waals surface area contributed by atoms with Gasteiger partial charge in [0.2, 0.25) is 10.0 Å². The van der Waals surface area contributed by atoms with Crippen LogP contribution in [0.1, 0.15) is 11.1 Å². The van der Waals surface area contributed by atoms with E-state index in [4.69, 9.17) is 4.42 Å². The average Bonchev–Trinajstić information content (AvgIpc) is 3.14. The van der Waals surface area contributed by atoms with Crippen LogP contribution in [0.25, 0.3) is 11.5 Å². The maximum atomic E-state index is 13.1. The lowest BCUT2D eigenvalue weighted by molar-refractivity contribution is -0.139. The van der Waals surface area contributed by atoms with Crippen LogP contribution in [0.3, 0.4) is 0 Å². The Kier molecular flexibility index (Phi) is 4.84. The lowest BCUT2D eigenvalue weighted by Gasteiger charge is -2.14. The minimum absolute atomic E-state index is 0.238. The van der Waals surface area contributed by atoms with E-state index < -0.39 is 26.7 Å². The molecule has 26 heavy (non-hydrogen) atoms. The standard InChI is InChI=1S/C17H13F3N2O3S/c18-17(19,20)13-6-1-2-8-15(13)26(23,24)22-11-12-5-3-9-21-16(12)14-7-4-10-25-14/h1-10,22H,11H2. The van der Waals surface area contributed by atoms with E-state index in [0.29, 0.717) is 17.0 Å². The Balaban J connectivity index is 1.90. The molecule has 0 radical (unpaired) electrons. The van der Waals surface area contributed by atoms with Gasteiger partial charge in [0.25, 0.3) is 0 Å². The van der Waals surface area contributed by atoms with Crippen LogP contribution < -0.4 is 4.72 Å². The molecular weight excluding hydrogens is 369 g/mol. The number of benzene rings is 1. The van der Waals surface area contributed by atoms with E-state index >= 15 is 0 Å². The van der Waals surface area contributed by atoms with Crippen molar-refractivity contribution in [3.63, 3.8) is 0 Å². The minimum atomic E-state index is -4.78. The number of rotatable bonds is 5. The first-order chi connectivity index (χ1) is 12.3. The molecule has 2 heterocycles. The highest BCUT2D eigenvalue weighted by Gasteiger charge is 2.36. The van der Waals surface area contributed by atoms with Gasteiger partial charge in [-0.3, -0.25) is 4.98 Å². The normalized spacial score (nSPS) is 12.3. The van der Waals surface area contributed by atoms with Gasteiger partial charge in [0.15, 0.2) is 5.76 Å². The molecule has 3 rings (SSSR count). The lowest BCUT2D eigenvalue weighted by Crippen LogP contribution is -2.26. The molecular formula is C17H13F3N2O3S. The molecule has 0 aliphatic heterocycles. The molecule has 0 unspecified atom stereocenters. The molecule has 5 nitrogen and oxygen atoms in total. The van der Waals surface area contributed by atoms with Crippen molar-refractivity contribution in [3.05, 3.63) is 72.1 Å². The van der Waals surface area contributed by atoms with Crippen LogP contribution in [0, 0.1) is 0 Å². The highest BCUT2D eigenvalue weighted by Crippen LogP contribution is 2.34. The zero-order chi connectivity index (χ0) is 18.8. The Labute approximate surface area is 147 Å². The number of sulfonamides is 1. The topological polar surface area (TPSA) is 72.2 Å². The summed E-state index contributed by atoms with van der Waals surface area (Å²) in [6.07, 6.45) is -1.83. The Hall–Kier alpha value is -2.65. The predicted octanol–water partition coefficient (Wildman–Crippen LogP) is 3.84. The largest absolute Gasteiger partial charge is 0.463 e. The van der Waals surface area contributed by atoms with Crippen LogP contribution in [0.2, 0.25) is 0 Å². The molecule has 136 valence electrons. The highest BCUT2D eigenvalue weighted by molar-refractivity contribution is 7.89. The second kappa shape index (κ2) is 6.93. The molecule has 0 aliphatic rings. The molecule has 0 bridgehead atoms. The summed E-state index contributed by atoms with van der Waals surface area (Å²) in [6.45, 7) is -0.238. The predicted molar refractivity (Wildman–Crippen MR) is 87.4 cm³/mol. The number of alkyl halides is 3. The van der Waals surface area contributed by atoms with E-state index in [-0.39, 0.29) is 6.54 Å². The van der Waals surface area contributed by atoms with Crippen molar-refractivity contribution in [1.29, 1.82) is 0 Å². The number of halogens is 3. The first-order valence-corrected chi connectivity index (χ1v) is 8.91. The number of pyridine rings is 1. The fourth-order valence-corrected chi connectivity index (χ4v) is 3.63. The van der Waals surface area contributed by atoms with Gasteiger partial charge in [0.1, 0.15) is 5.69 Å². The molecule has 0 amide bonds. The molecule has 0 fully saturated rings. The summed E-state index contributed by atoms with van der Waals surface area (Å²) < 4.78 is 71.5. The third-order valence-corrected chi connectivity index (χ3v) is 5.04. The minimum Gasteiger partial charge on any atom is -0.463 e. The van der Waals surface area contributed by atoms with Crippen molar-refractivity contribution in [2.75, 3.05) is 0 Å². The van der Waals surface area contributed by atoms with E-state index in [1.165, 1.54) is 18.5 Å². The highest BCUT2D eigenvalue weighted by atomic mass is 32.2. The molecule has 9 heteroatoms. The van der Waals surface area contributed by atoms with Crippen molar-refractivity contribution in [2.24, 2.45) is 0 Å². The van der Waals surface area contributed by atoms with Crippen molar-refractivity contribution in [1.82, 2.24) is 9.71 Å². The summed E-state index contributed by atoms with van der Waals surface area (Å²) >= 11 is 0. The first kappa shape index (κ1) is 18.2. The van der Waals surface area contributed by atoms with Crippen molar-refractivity contribution < 1.29 is 26.0 Å². The fourth-order valence-electron chi connectivity index (χ4n) is 2.40. The number of aromatic nitrogens is 1. The molecule has 0 saturated carbocycles. The zero-order valence-electron chi connectivity index (χ0n) is 13.2. The van der Waals surface area contributed by atoms with Crippen molar-refractivity contribution in [2.45, 2.75) is 17.6 Å². The van der Waals surface area contributed by atoms with Gasteiger partial charge < -0.3 is 4.42 Å². The lowest BCUT2D eigenvalue weighted by atomic mass is 10.1. The Morgan fingerprint density at radius 2 is 1.81 bits per heavy atom. The monoisotopic (exact) mass is 382 g/mol. The third-order valence-electron chi connectivity index (χ3n) is 3.58. The van der Waals surface area contributed by atoms with Gasteiger partial charge in [0.05, 0.1) is 16.7 Å². The number of hydrogen-bond donors (Lipinski definition) is 1. The molecule has 0 aliphatic carbocycles. The van der Waals surface area contributed by atoms with E-state index in [0.717, 1.165) is 18.2 Å². The van der Waals surface area contributed by atoms with Crippen LogP contribution in [-0.2, 0) is 22.7 Å². The number of furan rings is 1. The SMILES string of the molecule is O=S(=O)(NCc1cccnc1-c1ccco1)c1ccccc1C(F)(F)F. The van der Waals surface area contributed by atoms with E-state index in [2.05, 4.69) is 9.71 Å². The Morgan fingerprint density at radius 3 is 2.50 bits per heavy atom. The second-order valence-electron chi connectivity index (χ2n) is 5.31. The van der Waals surface area contributed by atoms with Crippen LogP contribution in [0.5, 0.6) is 0 Å². The van der Waals surface area contributed by atoms with E-state index in [1.807, 2.05) is 0 Å². The molecule has 0 saturated heterocycles. The molecule has 0 spiro atoms. The number of nitrogens with zero attached hydrogens (tertiary/aromatic N) is 1. The molecule has 3 aromatic rings. The van der Waals surface area contributed by atoms with Crippen LogP contribution >= 0.6 is 0 Å². The maximum absolute atomic E-state index is 13.1. The van der Waals surface area contributed by atoms with Gasteiger partial charge in [-0.1, -0.05) is 18.2 Å². The zero-order valence-corrected chi connectivity index (χ0v) is 14.0. The van der Waals surface area contributed by atoms with Crippen LogP contribution in [-0.4, -0.2) is 13.4 Å². The Morgan fingerprint density at radius 1 is 1.04 bits per heavy atom. The van der Waals surface area contributed by atoms with Crippen LogP contribution in [0.4, 0.5) is 13.2 Å². The first-order valence-electron chi connectivity index (χ1n) is 7.43. The maximum Gasteiger partial charge on any atom is 0.417 e. The summed E-state index contributed by atoms with van der Waals surface area (Å²) in [5, 5.41) is 0. The smallest absolute Gasteiger partial charge is 0.417 e. The molecule has 0 atom stereocenters. The summed E-state index contributed by atoms with van der Waals surface area (Å²) in [7, 11) is -4.39. The van der Waals surface area contributed by atoms with Gasteiger partial charge in [-0.05, 0) is 35.9 Å². The summed E-state index contributed by atoms with van der Waals surface area (Å²) in [5.41, 5.74) is -0.343. The second-order valence-corrected chi connectivity index (χ2v) is 7.04. The van der Waals surface area contributed by atoms with Gasteiger partial charge in [0, 0.05) is 12.7 Å². The van der Waals surface area contributed by atoms with Gasteiger partial charge in [-0.25, -0.2) is 13.1 Å². The van der Waals surface area contributed by atoms with Crippen molar-refractivity contribution >= 4 is 10.0 Å². The quantitative estimate of drug-likeness (QED) is 0.728. The third kappa shape index (κ3) is 3.78.